The first kappa shape index (κ1) is 11.2. The average molecular weight is 279 g/mol. The van der Waals surface area contributed by atoms with Gasteiger partial charge in [0.15, 0.2) is 0 Å². The van der Waals surface area contributed by atoms with Crippen LogP contribution in [0.15, 0.2) is 22.7 Å². The summed E-state index contributed by atoms with van der Waals surface area (Å²) in [5, 5.41) is 8.64. The van der Waals surface area contributed by atoms with Crippen LogP contribution in [0.4, 0.5) is 4.39 Å². The zero-order valence-electron chi connectivity index (χ0n) is 6.80. The Labute approximate surface area is 93.1 Å². The number of benzene rings is 1. The highest BCUT2D eigenvalue weighted by molar-refractivity contribution is 9.10. The van der Waals surface area contributed by atoms with Gasteiger partial charge in [-0.05, 0) is 39.7 Å². The molecule has 0 aliphatic heterocycles. The lowest BCUT2D eigenvalue weighted by atomic mass is 10.2. The lowest BCUT2D eigenvalue weighted by molar-refractivity contribution is -0.131. The van der Waals surface area contributed by atoms with Crippen LogP contribution in [0.1, 0.15) is 5.56 Å². The predicted molar refractivity (Wildman–Crippen MR) is 55.8 cm³/mol. The Hall–Kier alpha value is -0.870. The van der Waals surface area contributed by atoms with Crippen LogP contribution in [0.2, 0.25) is 5.02 Å². The van der Waals surface area contributed by atoms with Crippen molar-refractivity contribution in [1.29, 1.82) is 0 Å². The number of carboxylic acid groups (broad SMARTS) is 1. The molecule has 0 spiro atoms. The highest BCUT2D eigenvalue weighted by Gasteiger charge is 2.04. The van der Waals surface area contributed by atoms with Gasteiger partial charge in [-0.3, -0.25) is 0 Å². The van der Waals surface area contributed by atoms with Gasteiger partial charge in [0.1, 0.15) is 5.82 Å². The fourth-order valence-electron chi connectivity index (χ4n) is 0.827. The number of halogens is 3. The third-order valence-corrected chi connectivity index (χ3v) is 2.38. The predicted octanol–water partition coefficient (Wildman–Crippen LogP) is 3.34. The SMILES string of the molecule is O=C(O)/C=C/c1cc(F)c(Br)cc1Cl. The first-order valence-corrected chi connectivity index (χ1v) is 4.73. The molecule has 0 radical (unpaired) electrons. The van der Waals surface area contributed by atoms with Crippen LogP contribution in [0.3, 0.4) is 0 Å². The molecule has 0 unspecified atom stereocenters. The molecule has 0 atom stereocenters. The van der Waals surface area contributed by atoms with Crippen molar-refractivity contribution < 1.29 is 14.3 Å². The Morgan fingerprint density at radius 1 is 1.57 bits per heavy atom. The molecule has 1 aromatic carbocycles. The van der Waals surface area contributed by atoms with Gasteiger partial charge in [0.05, 0.1) is 4.47 Å². The fourth-order valence-corrected chi connectivity index (χ4v) is 1.53. The summed E-state index contributed by atoms with van der Waals surface area (Å²) >= 11 is 8.70. The molecule has 74 valence electrons. The van der Waals surface area contributed by atoms with E-state index in [0.29, 0.717) is 5.56 Å². The molecule has 0 fully saturated rings. The molecular formula is C9H5BrClFO2. The number of hydrogen-bond donors (Lipinski definition) is 1. The first-order valence-electron chi connectivity index (χ1n) is 3.56. The second-order valence-electron chi connectivity index (χ2n) is 2.46. The maximum atomic E-state index is 13.0. The minimum absolute atomic E-state index is 0.245. The highest BCUT2D eigenvalue weighted by atomic mass is 79.9. The molecule has 5 heteroatoms. The molecule has 0 amide bonds. The highest BCUT2D eigenvalue weighted by Crippen LogP contribution is 2.25. The Morgan fingerprint density at radius 2 is 2.21 bits per heavy atom. The van der Waals surface area contributed by atoms with E-state index in [0.717, 1.165) is 12.1 Å². The van der Waals surface area contributed by atoms with E-state index in [2.05, 4.69) is 15.9 Å². The molecule has 0 aliphatic rings. The Bertz CT molecular complexity index is 404. The Kier molecular flexibility index (Phi) is 3.66. The minimum Gasteiger partial charge on any atom is -0.478 e. The van der Waals surface area contributed by atoms with E-state index in [4.69, 9.17) is 16.7 Å². The third kappa shape index (κ3) is 2.82. The summed E-state index contributed by atoms with van der Waals surface area (Å²) in [6.07, 6.45) is 2.13. The van der Waals surface area contributed by atoms with Gasteiger partial charge >= 0.3 is 5.97 Å². The van der Waals surface area contributed by atoms with Crippen molar-refractivity contribution in [2.24, 2.45) is 0 Å². The summed E-state index contributed by atoms with van der Waals surface area (Å²) in [6, 6.07) is 2.53. The normalized spacial score (nSPS) is 10.8. The number of carboxylic acids is 1. The molecule has 0 bridgehead atoms. The molecule has 1 rings (SSSR count). The molecule has 0 heterocycles. The molecule has 14 heavy (non-hydrogen) atoms. The minimum atomic E-state index is -1.11. The fraction of sp³-hybridized carbons (Fsp3) is 0. The van der Waals surface area contributed by atoms with Crippen molar-refractivity contribution in [2.75, 3.05) is 0 Å². The first-order chi connectivity index (χ1) is 6.50. The van der Waals surface area contributed by atoms with E-state index in [1.165, 1.54) is 12.1 Å². The van der Waals surface area contributed by atoms with Gasteiger partial charge < -0.3 is 5.11 Å². The molecule has 0 aromatic heterocycles. The topological polar surface area (TPSA) is 37.3 Å². The van der Waals surface area contributed by atoms with Crippen LogP contribution < -0.4 is 0 Å². The van der Waals surface area contributed by atoms with E-state index in [1.807, 2.05) is 0 Å². The van der Waals surface area contributed by atoms with Crippen molar-refractivity contribution in [2.45, 2.75) is 0 Å². The zero-order chi connectivity index (χ0) is 10.7. The number of rotatable bonds is 2. The van der Waals surface area contributed by atoms with Crippen molar-refractivity contribution >= 4 is 39.6 Å². The monoisotopic (exact) mass is 278 g/mol. The average Bonchev–Trinajstić information content (AvgIpc) is 2.09. The Balaban J connectivity index is 3.10. The molecule has 0 saturated heterocycles. The van der Waals surface area contributed by atoms with Crippen molar-refractivity contribution in [1.82, 2.24) is 0 Å². The summed E-state index contributed by atoms with van der Waals surface area (Å²) < 4.78 is 13.2. The molecular weight excluding hydrogens is 274 g/mol. The second kappa shape index (κ2) is 4.57. The zero-order valence-corrected chi connectivity index (χ0v) is 9.14. The van der Waals surface area contributed by atoms with Crippen LogP contribution in [0.5, 0.6) is 0 Å². The maximum absolute atomic E-state index is 13.0. The second-order valence-corrected chi connectivity index (χ2v) is 3.72. The lowest BCUT2D eigenvalue weighted by Gasteiger charge is -2.00. The van der Waals surface area contributed by atoms with Gasteiger partial charge in [0, 0.05) is 11.1 Å². The summed E-state index contributed by atoms with van der Waals surface area (Å²) in [7, 11) is 0. The van der Waals surface area contributed by atoms with Gasteiger partial charge in [0.25, 0.3) is 0 Å². The number of carbonyl (C=O) groups is 1. The van der Waals surface area contributed by atoms with Crippen LogP contribution in [-0.2, 0) is 4.79 Å². The summed E-state index contributed by atoms with van der Waals surface area (Å²) in [5.74, 6) is -1.59. The number of aliphatic carboxylic acids is 1. The number of hydrogen-bond acceptors (Lipinski definition) is 1. The molecule has 0 aliphatic carbocycles. The van der Waals surface area contributed by atoms with Crippen LogP contribution in [0, 0.1) is 5.82 Å². The van der Waals surface area contributed by atoms with Crippen molar-refractivity contribution in [3.05, 3.63) is 39.1 Å². The standard InChI is InChI=1S/C9H5BrClFO2/c10-6-4-7(11)5(3-8(6)12)1-2-9(13)14/h1-4H,(H,13,14)/b2-1+. The molecule has 1 N–H and O–H groups in total. The smallest absolute Gasteiger partial charge is 0.328 e. The summed E-state index contributed by atoms with van der Waals surface area (Å²) in [6.45, 7) is 0. The van der Waals surface area contributed by atoms with Crippen molar-refractivity contribution in [3.63, 3.8) is 0 Å². The van der Waals surface area contributed by atoms with E-state index in [1.54, 1.807) is 0 Å². The van der Waals surface area contributed by atoms with Gasteiger partial charge in [-0.1, -0.05) is 11.6 Å². The summed E-state index contributed by atoms with van der Waals surface area (Å²) in [4.78, 5) is 10.2. The summed E-state index contributed by atoms with van der Waals surface area (Å²) in [5.41, 5.74) is 0.328. The Morgan fingerprint density at radius 3 is 2.79 bits per heavy atom. The van der Waals surface area contributed by atoms with E-state index >= 15 is 0 Å². The van der Waals surface area contributed by atoms with Crippen LogP contribution in [-0.4, -0.2) is 11.1 Å². The van der Waals surface area contributed by atoms with Gasteiger partial charge in [-0.2, -0.15) is 0 Å². The maximum Gasteiger partial charge on any atom is 0.328 e. The van der Waals surface area contributed by atoms with Crippen LogP contribution >= 0.6 is 27.5 Å². The van der Waals surface area contributed by atoms with Gasteiger partial charge in [-0.15, -0.1) is 0 Å². The molecule has 1 aromatic rings. The molecule has 0 saturated carbocycles. The van der Waals surface area contributed by atoms with E-state index in [-0.39, 0.29) is 9.50 Å². The van der Waals surface area contributed by atoms with E-state index < -0.39 is 11.8 Å². The largest absolute Gasteiger partial charge is 0.478 e. The van der Waals surface area contributed by atoms with Gasteiger partial charge in [0.2, 0.25) is 0 Å². The van der Waals surface area contributed by atoms with Crippen molar-refractivity contribution in [3.8, 4) is 0 Å². The van der Waals surface area contributed by atoms with Gasteiger partial charge in [-0.25, -0.2) is 9.18 Å². The van der Waals surface area contributed by atoms with Crippen LogP contribution in [0.25, 0.3) is 6.08 Å². The van der Waals surface area contributed by atoms with E-state index in [9.17, 15) is 9.18 Å². The molecule has 2 nitrogen and oxygen atoms in total. The quantitative estimate of drug-likeness (QED) is 0.666. The third-order valence-electron chi connectivity index (χ3n) is 1.45. The lowest BCUT2D eigenvalue weighted by Crippen LogP contribution is -1.87.